The molecule has 0 saturated carbocycles. The predicted molar refractivity (Wildman–Crippen MR) is 94.0 cm³/mol. The van der Waals surface area contributed by atoms with Crippen molar-refractivity contribution in [1.82, 2.24) is 0 Å². The summed E-state index contributed by atoms with van der Waals surface area (Å²) in [5.41, 5.74) is 0. The fraction of sp³-hybridized carbons (Fsp3) is 1.00. The zero-order chi connectivity index (χ0) is 16.7. The van der Waals surface area contributed by atoms with Gasteiger partial charge < -0.3 is 4.55 Å². The van der Waals surface area contributed by atoms with Crippen molar-refractivity contribution < 1.29 is 42.5 Å². The van der Waals surface area contributed by atoms with Crippen molar-refractivity contribution in [1.29, 1.82) is 0 Å². The van der Waals surface area contributed by atoms with Crippen LogP contribution in [0.1, 0.15) is 104 Å². The molecule has 0 rings (SSSR count). The average Bonchev–Trinajstić information content (AvgIpc) is 2.41. The van der Waals surface area contributed by atoms with E-state index in [1.54, 1.807) is 0 Å². The molecule has 134 valence electrons. The summed E-state index contributed by atoms with van der Waals surface area (Å²) in [7, 11) is -3.99. The summed E-state index contributed by atoms with van der Waals surface area (Å²) in [4.78, 5) is 0. The quantitative estimate of drug-likeness (QED) is 0.243. The molecule has 0 heterocycles. The normalized spacial score (nSPS) is 11.7. The molecule has 0 aliphatic heterocycles. The molecule has 0 saturated heterocycles. The van der Waals surface area contributed by atoms with E-state index < -0.39 is 10.1 Å². The molecule has 0 spiro atoms. The van der Waals surface area contributed by atoms with Gasteiger partial charge in [-0.15, -0.1) is 0 Å². The maximum atomic E-state index is 10.4. The first-order valence-electron chi connectivity index (χ1n) is 9.35. The van der Waals surface area contributed by atoms with Crippen LogP contribution in [0.3, 0.4) is 0 Å². The SMILES string of the molecule is CC(C)CCCCCCCCCCCCCCCS(=O)(=O)[O-].[Na+]. The maximum Gasteiger partial charge on any atom is 1.00 e. The molecule has 3 nitrogen and oxygen atoms in total. The standard InChI is InChI=1S/C18H38O3S.Na/c1-18(2)16-14-12-10-8-6-4-3-5-7-9-11-13-15-17-22(19,20)21;/h18H,3-17H2,1-2H3,(H,19,20,21);/q;+1/p-1. The zero-order valence-corrected chi connectivity index (χ0v) is 18.6. The first-order valence-corrected chi connectivity index (χ1v) is 10.9. The molecule has 0 bridgehead atoms. The van der Waals surface area contributed by atoms with Crippen molar-refractivity contribution in [2.45, 2.75) is 104 Å². The predicted octanol–water partition coefficient (Wildman–Crippen LogP) is 2.65. The van der Waals surface area contributed by atoms with Gasteiger partial charge in [0.2, 0.25) is 0 Å². The van der Waals surface area contributed by atoms with E-state index in [-0.39, 0.29) is 35.3 Å². The van der Waals surface area contributed by atoms with E-state index in [9.17, 15) is 13.0 Å². The Morgan fingerprint density at radius 2 is 0.957 bits per heavy atom. The summed E-state index contributed by atoms with van der Waals surface area (Å²) >= 11 is 0. The zero-order valence-electron chi connectivity index (χ0n) is 15.8. The number of hydrogen-bond acceptors (Lipinski definition) is 3. The Morgan fingerprint density at radius 3 is 1.26 bits per heavy atom. The van der Waals surface area contributed by atoms with Crippen molar-refractivity contribution in [3.63, 3.8) is 0 Å². The van der Waals surface area contributed by atoms with E-state index in [1.165, 1.54) is 70.6 Å². The van der Waals surface area contributed by atoms with E-state index in [4.69, 9.17) is 0 Å². The fourth-order valence-electron chi connectivity index (χ4n) is 2.78. The Morgan fingerprint density at radius 1 is 0.652 bits per heavy atom. The molecule has 0 radical (unpaired) electrons. The second-order valence-electron chi connectivity index (χ2n) is 7.04. The number of rotatable bonds is 16. The third kappa shape index (κ3) is 25.3. The monoisotopic (exact) mass is 356 g/mol. The van der Waals surface area contributed by atoms with Crippen LogP contribution in [0.2, 0.25) is 0 Å². The van der Waals surface area contributed by atoms with Crippen LogP contribution in [0.25, 0.3) is 0 Å². The molecule has 0 aromatic heterocycles. The third-order valence-electron chi connectivity index (χ3n) is 4.18. The minimum absolute atomic E-state index is 0. The first-order chi connectivity index (χ1) is 10.4. The van der Waals surface area contributed by atoms with E-state index in [2.05, 4.69) is 13.8 Å². The Labute approximate surface area is 167 Å². The summed E-state index contributed by atoms with van der Waals surface area (Å²) < 4.78 is 31.3. The Balaban J connectivity index is 0. The van der Waals surface area contributed by atoms with E-state index in [0.29, 0.717) is 6.42 Å². The molecule has 0 atom stereocenters. The second-order valence-corrected chi connectivity index (χ2v) is 8.56. The molecule has 0 N–H and O–H groups in total. The van der Waals surface area contributed by atoms with Gasteiger partial charge in [-0.1, -0.05) is 97.3 Å². The van der Waals surface area contributed by atoms with Gasteiger partial charge in [0.25, 0.3) is 0 Å². The largest absolute Gasteiger partial charge is 1.00 e. The van der Waals surface area contributed by atoms with Gasteiger partial charge in [-0.3, -0.25) is 0 Å². The second kappa shape index (κ2) is 17.7. The van der Waals surface area contributed by atoms with Gasteiger partial charge >= 0.3 is 29.6 Å². The van der Waals surface area contributed by atoms with Gasteiger partial charge in [0, 0.05) is 5.75 Å². The van der Waals surface area contributed by atoms with Gasteiger partial charge in [0.05, 0.1) is 10.1 Å². The molecule has 0 aliphatic rings. The molecule has 5 heteroatoms. The molecular weight excluding hydrogens is 319 g/mol. The molecule has 0 aliphatic carbocycles. The Bertz CT molecular complexity index is 329. The van der Waals surface area contributed by atoms with Crippen LogP contribution in [0.15, 0.2) is 0 Å². The topological polar surface area (TPSA) is 57.2 Å². The van der Waals surface area contributed by atoms with Crippen LogP contribution in [0, 0.1) is 5.92 Å². The summed E-state index contributed by atoms with van der Waals surface area (Å²) in [5.74, 6) is 0.661. The molecule has 0 aromatic carbocycles. The first kappa shape index (κ1) is 26.1. The molecule has 0 fully saturated rings. The van der Waals surface area contributed by atoms with E-state index in [0.717, 1.165) is 18.8 Å². The molecular formula is C18H37NaO3S. The van der Waals surface area contributed by atoms with Crippen LogP contribution < -0.4 is 29.6 Å². The van der Waals surface area contributed by atoms with Gasteiger partial charge in [-0.25, -0.2) is 8.42 Å². The molecule has 0 unspecified atom stereocenters. The summed E-state index contributed by atoms with van der Waals surface area (Å²) in [5, 5.41) is 0. The van der Waals surface area contributed by atoms with Crippen molar-refractivity contribution in [2.24, 2.45) is 5.92 Å². The molecule has 23 heavy (non-hydrogen) atoms. The van der Waals surface area contributed by atoms with Gasteiger partial charge in [-0.2, -0.15) is 0 Å². The van der Waals surface area contributed by atoms with Crippen molar-refractivity contribution in [3.8, 4) is 0 Å². The van der Waals surface area contributed by atoms with Gasteiger partial charge in [0.15, 0.2) is 0 Å². The van der Waals surface area contributed by atoms with Gasteiger partial charge in [-0.05, 0) is 12.3 Å². The summed E-state index contributed by atoms with van der Waals surface area (Å²) in [6, 6.07) is 0. The van der Waals surface area contributed by atoms with E-state index in [1.807, 2.05) is 0 Å². The van der Waals surface area contributed by atoms with E-state index >= 15 is 0 Å². The Kier molecular flexibility index (Phi) is 20.1. The average molecular weight is 357 g/mol. The van der Waals surface area contributed by atoms with Crippen LogP contribution >= 0.6 is 0 Å². The minimum Gasteiger partial charge on any atom is -0.748 e. The smallest absolute Gasteiger partial charge is 0.748 e. The van der Waals surface area contributed by atoms with Gasteiger partial charge in [0.1, 0.15) is 0 Å². The summed E-state index contributed by atoms with van der Waals surface area (Å²) in [6.07, 6.45) is 17.2. The maximum absolute atomic E-state index is 10.4. The van der Waals surface area contributed by atoms with Crippen molar-refractivity contribution in [3.05, 3.63) is 0 Å². The summed E-state index contributed by atoms with van der Waals surface area (Å²) in [6.45, 7) is 4.59. The number of unbranched alkanes of at least 4 members (excludes halogenated alkanes) is 12. The van der Waals surface area contributed by atoms with Crippen LogP contribution in [0.4, 0.5) is 0 Å². The minimum atomic E-state index is -3.99. The Hall–Kier alpha value is 0.910. The van der Waals surface area contributed by atoms with Crippen LogP contribution in [0.5, 0.6) is 0 Å². The third-order valence-corrected chi connectivity index (χ3v) is 4.96. The van der Waals surface area contributed by atoms with Crippen molar-refractivity contribution >= 4 is 10.1 Å². The van der Waals surface area contributed by atoms with Crippen LogP contribution in [-0.4, -0.2) is 18.7 Å². The fourth-order valence-corrected chi connectivity index (χ4v) is 3.33. The van der Waals surface area contributed by atoms with Crippen LogP contribution in [-0.2, 0) is 10.1 Å². The molecule has 0 amide bonds. The van der Waals surface area contributed by atoms with Crippen molar-refractivity contribution in [2.75, 3.05) is 5.75 Å². The number of hydrogen-bond donors (Lipinski definition) is 0. The molecule has 0 aromatic rings.